The van der Waals surface area contributed by atoms with Crippen molar-refractivity contribution in [1.82, 2.24) is 0 Å². The van der Waals surface area contributed by atoms with E-state index in [1.165, 1.54) is 19.2 Å². The summed E-state index contributed by atoms with van der Waals surface area (Å²) >= 11 is 0. The van der Waals surface area contributed by atoms with Gasteiger partial charge in [-0.1, -0.05) is 6.07 Å². The fourth-order valence-electron chi connectivity index (χ4n) is 1.72. The maximum absolute atomic E-state index is 12.4. The maximum Gasteiger partial charge on any atom is 0.335 e. The van der Waals surface area contributed by atoms with Crippen molar-refractivity contribution in [2.24, 2.45) is 0 Å². The van der Waals surface area contributed by atoms with Gasteiger partial charge < -0.3 is 13.8 Å². The molecule has 0 aromatic heterocycles. The van der Waals surface area contributed by atoms with Gasteiger partial charge in [-0.3, -0.25) is 14.7 Å². The van der Waals surface area contributed by atoms with Crippen molar-refractivity contribution in [2.75, 3.05) is 20.3 Å². The minimum Gasteiger partial charge on any atom is -0.490 e. The topological polar surface area (TPSA) is 87.9 Å². The number of hydrogen-bond acceptors (Lipinski definition) is 6. The van der Waals surface area contributed by atoms with Crippen LogP contribution < -0.4 is 4.74 Å². The van der Waals surface area contributed by atoms with Crippen LogP contribution in [0.4, 0.5) is 5.69 Å². The molecule has 0 bridgehead atoms. The molecule has 0 aliphatic heterocycles. The average Bonchev–Trinajstić information content (AvgIpc) is 2.38. The second-order valence-corrected chi connectivity index (χ2v) is 5.92. The van der Waals surface area contributed by atoms with Crippen LogP contribution in [0.15, 0.2) is 18.2 Å². The molecule has 0 fully saturated rings. The number of ether oxygens (including phenoxy) is 1. The molecule has 112 valence electrons. The van der Waals surface area contributed by atoms with Crippen molar-refractivity contribution in [3.63, 3.8) is 0 Å². The zero-order chi connectivity index (χ0) is 15.2. The summed E-state index contributed by atoms with van der Waals surface area (Å²) in [5.41, 5.74) is 0.326. The van der Waals surface area contributed by atoms with Gasteiger partial charge in [0, 0.05) is 6.07 Å². The predicted octanol–water partition coefficient (Wildman–Crippen LogP) is 3.37. The van der Waals surface area contributed by atoms with Gasteiger partial charge in [-0.15, -0.1) is 0 Å². The van der Waals surface area contributed by atoms with E-state index >= 15 is 0 Å². The number of nitro benzene ring substituents is 1. The lowest BCUT2D eigenvalue weighted by Crippen LogP contribution is -2.00. The van der Waals surface area contributed by atoms with Gasteiger partial charge in [-0.2, -0.15) is 0 Å². The summed E-state index contributed by atoms with van der Waals surface area (Å²) in [7, 11) is -1.92. The summed E-state index contributed by atoms with van der Waals surface area (Å²) in [5, 5.41) is 10.9. The Hall–Kier alpha value is -1.43. The normalized spacial score (nSPS) is 11.3. The van der Waals surface area contributed by atoms with Gasteiger partial charge in [-0.05, 0) is 25.5 Å². The first-order valence-electron chi connectivity index (χ1n) is 6.15. The molecule has 1 aromatic carbocycles. The number of rotatable bonds is 8. The molecule has 1 aromatic rings. The van der Waals surface area contributed by atoms with Crippen LogP contribution in [0.5, 0.6) is 5.75 Å². The van der Waals surface area contributed by atoms with Gasteiger partial charge in [-0.25, -0.2) is 0 Å². The van der Waals surface area contributed by atoms with Crippen LogP contribution in [-0.2, 0) is 19.8 Å². The van der Waals surface area contributed by atoms with Crippen LogP contribution in [0, 0.1) is 10.1 Å². The van der Waals surface area contributed by atoms with Gasteiger partial charge in [0.25, 0.3) is 0 Å². The zero-order valence-corrected chi connectivity index (χ0v) is 12.6. The van der Waals surface area contributed by atoms with Gasteiger partial charge in [0.2, 0.25) is 0 Å². The first kappa shape index (κ1) is 16.6. The summed E-state index contributed by atoms with van der Waals surface area (Å²) in [6.45, 7) is 3.91. The first-order valence-corrected chi connectivity index (χ1v) is 7.88. The quantitative estimate of drug-likeness (QED) is 0.415. The van der Waals surface area contributed by atoms with Crippen LogP contribution in [0.1, 0.15) is 19.4 Å². The minimum atomic E-state index is -3.28. The van der Waals surface area contributed by atoms with Crippen molar-refractivity contribution < 1.29 is 23.3 Å². The number of nitrogens with zero attached hydrogens (tertiary/aromatic N) is 1. The van der Waals surface area contributed by atoms with Crippen LogP contribution in [-0.4, -0.2) is 25.2 Å². The van der Waals surface area contributed by atoms with Crippen LogP contribution >= 0.6 is 7.60 Å². The van der Waals surface area contributed by atoms with E-state index in [0.717, 1.165) is 0 Å². The summed E-state index contributed by atoms with van der Waals surface area (Å²) in [6.07, 6.45) is -0.0144. The average molecular weight is 303 g/mol. The molecule has 0 heterocycles. The highest BCUT2D eigenvalue weighted by atomic mass is 31.2. The van der Waals surface area contributed by atoms with E-state index in [9.17, 15) is 14.7 Å². The SMILES string of the molecule is CCOP(=O)(Cc1ccc(OC)c([N+](=O)[O-])c1)OCC. The summed E-state index contributed by atoms with van der Waals surface area (Å²) in [6, 6.07) is 4.40. The third-order valence-corrected chi connectivity index (χ3v) is 4.52. The molecule has 0 amide bonds. The zero-order valence-electron chi connectivity index (χ0n) is 11.7. The Morgan fingerprint density at radius 2 is 1.85 bits per heavy atom. The number of hydrogen-bond donors (Lipinski definition) is 0. The molecule has 7 nitrogen and oxygen atoms in total. The maximum atomic E-state index is 12.4. The Balaban J connectivity index is 3.05. The Labute approximate surface area is 117 Å². The lowest BCUT2D eigenvalue weighted by Gasteiger charge is -2.17. The summed E-state index contributed by atoms with van der Waals surface area (Å²) in [5.74, 6) is 0.154. The van der Waals surface area contributed by atoms with E-state index in [-0.39, 0.29) is 30.8 Å². The first-order chi connectivity index (χ1) is 9.45. The molecule has 0 aliphatic carbocycles. The van der Waals surface area contributed by atoms with E-state index in [2.05, 4.69) is 0 Å². The van der Waals surface area contributed by atoms with Crippen molar-refractivity contribution in [1.29, 1.82) is 0 Å². The van der Waals surface area contributed by atoms with E-state index in [1.54, 1.807) is 19.9 Å². The van der Waals surface area contributed by atoms with Gasteiger partial charge in [0.05, 0.1) is 31.4 Å². The van der Waals surface area contributed by atoms with E-state index in [4.69, 9.17) is 13.8 Å². The van der Waals surface area contributed by atoms with Crippen molar-refractivity contribution in [3.05, 3.63) is 33.9 Å². The van der Waals surface area contributed by atoms with Gasteiger partial charge >= 0.3 is 13.3 Å². The van der Waals surface area contributed by atoms with E-state index in [0.29, 0.717) is 5.56 Å². The molecular weight excluding hydrogens is 285 g/mol. The number of nitro groups is 1. The monoisotopic (exact) mass is 303 g/mol. The fraction of sp³-hybridized carbons (Fsp3) is 0.500. The van der Waals surface area contributed by atoms with Gasteiger partial charge in [0.1, 0.15) is 0 Å². The molecule has 0 radical (unpaired) electrons. The van der Waals surface area contributed by atoms with Crippen LogP contribution in [0.2, 0.25) is 0 Å². The molecule has 0 saturated carbocycles. The number of methoxy groups -OCH3 is 1. The summed E-state index contributed by atoms with van der Waals surface area (Å²) in [4.78, 5) is 10.4. The molecule has 0 spiro atoms. The molecule has 0 aliphatic rings. The predicted molar refractivity (Wildman–Crippen MR) is 74.2 cm³/mol. The van der Waals surface area contributed by atoms with Crippen LogP contribution in [0.3, 0.4) is 0 Å². The van der Waals surface area contributed by atoms with Crippen molar-refractivity contribution >= 4 is 13.3 Å². The highest BCUT2D eigenvalue weighted by Gasteiger charge is 2.26. The Kier molecular flexibility index (Phi) is 6.13. The molecule has 0 N–H and O–H groups in total. The Bertz CT molecular complexity index is 509. The molecule has 0 unspecified atom stereocenters. The highest BCUT2D eigenvalue weighted by molar-refractivity contribution is 7.53. The molecule has 1 rings (SSSR count). The largest absolute Gasteiger partial charge is 0.490 e. The second-order valence-electron chi connectivity index (χ2n) is 3.87. The standard InChI is InChI=1S/C12H18NO6P/c1-4-18-20(16,19-5-2)9-10-6-7-12(17-3)11(8-10)13(14)15/h6-8H,4-5,9H2,1-3H3. The fourth-order valence-corrected chi connectivity index (χ4v) is 3.41. The third-order valence-electron chi connectivity index (χ3n) is 2.47. The molecule has 0 saturated heterocycles. The minimum absolute atomic E-state index is 0.0144. The van der Waals surface area contributed by atoms with E-state index in [1.807, 2.05) is 0 Å². The van der Waals surface area contributed by atoms with Crippen molar-refractivity contribution in [3.8, 4) is 5.75 Å². The molecule has 0 atom stereocenters. The molecular formula is C12H18NO6P. The molecule has 20 heavy (non-hydrogen) atoms. The summed E-state index contributed by atoms with van der Waals surface area (Å²) < 4.78 is 27.6. The van der Waals surface area contributed by atoms with Gasteiger partial charge in [0.15, 0.2) is 5.75 Å². The van der Waals surface area contributed by atoms with Crippen molar-refractivity contribution in [2.45, 2.75) is 20.0 Å². The Morgan fingerprint density at radius 3 is 2.30 bits per heavy atom. The van der Waals surface area contributed by atoms with E-state index < -0.39 is 12.5 Å². The second kappa shape index (κ2) is 7.38. The Morgan fingerprint density at radius 1 is 1.25 bits per heavy atom. The smallest absolute Gasteiger partial charge is 0.335 e. The molecule has 8 heteroatoms. The van der Waals surface area contributed by atoms with Crippen LogP contribution in [0.25, 0.3) is 0 Å². The lowest BCUT2D eigenvalue weighted by molar-refractivity contribution is -0.385. The lowest BCUT2D eigenvalue weighted by atomic mass is 10.2. The number of benzene rings is 1. The third kappa shape index (κ3) is 4.30. The highest BCUT2D eigenvalue weighted by Crippen LogP contribution is 2.51.